The van der Waals surface area contributed by atoms with E-state index < -0.39 is 0 Å². The minimum Gasteiger partial charge on any atom is -0.317 e. The summed E-state index contributed by atoms with van der Waals surface area (Å²) in [4.78, 5) is 0. The summed E-state index contributed by atoms with van der Waals surface area (Å²) in [7, 11) is 0. The van der Waals surface area contributed by atoms with E-state index in [9.17, 15) is 0 Å². The summed E-state index contributed by atoms with van der Waals surface area (Å²) in [6, 6.07) is 0. The number of hydrogen-bond donors (Lipinski definition) is 1. The van der Waals surface area contributed by atoms with Crippen LogP contribution in [-0.2, 0) is 13.0 Å². The first-order chi connectivity index (χ1) is 9.22. The summed E-state index contributed by atoms with van der Waals surface area (Å²) >= 11 is 0. The van der Waals surface area contributed by atoms with Crippen LogP contribution in [0.4, 0.5) is 0 Å². The summed E-state index contributed by atoms with van der Waals surface area (Å²) in [5.41, 5.74) is 1.42. The Kier molecular flexibility index (Phi) is 5.44. The molecule has 3 heteroatoms. The van der Waals surface area contributed by atoms with Gasteiger partial charge in [0.1, 0.15) is 0 Å². The molecule has 0 radical (unpaired) electrons. The molecule has 3 nitrogen and oxygen atoms in total. The van der Waals surface area contributed by atoms with Crippen LogP contribution in [-0.4, -0.2) is 22.9 Å². The minimum absolute atomic E-state index is 0.831. The fourth-order valence-corrected chi connectivity index (χ4v) is 3.40. The highest BCUT2D eigenvalue weighted by molar-refractivity contribution is 5.06. The predicted molar refractivity (Wildman–Crippen MR) is 80.1 cm³/mol. The highest BCUT2D eigenvalue weighted by Crippen LogP contribution is 2.35. The van der Waals surface area contributed by atoms with E-state index in [1.807, 2.05) is 4.68 Å². The van der Waals surface area contributed by atoms with Crippen molar-refractivity contribution in [1.29, 1.82) is 0 Å². The maximum absolute atomic E-state index is 4.41. The molecule has 1 aromatic rings. The zero-order valence-electron chi connectivity index (χ0n) is 12.7. The maximum Gasteiger partial charge on any atom is 0.0521 e. The Morgan fingerprint density at radius 3 is 2.84 bits per heavy atom. The van der Waals surface area contributed by atoms with Gasteiger partial charge in [-0.1, -0.05) is 20.3 Å². The molecule has 0 spiro atoms. The number of nitrogens with one attached hydrogen (secondary N) is 1. The van der Waals surface area contributed by atoms with E-state index >= 15 is 0 Å². The van der Waals surface area contributed by atoms with Crippen molar-refractivity contribution in [2.75, 3.05) is 13.1 Å². The monoisotopic (exact) mass is 263 g/mol. The molecule has 0 bridgehead atoms. The van der Waals surface area contributed by atoms with Gasteiger partial charge in [0, 0.05) is 12.7 Å². The van der Waals surface area contributed by atoms with E-state index in [0.29, 0.717) is 0 Å². The van der Waals surface area contributed by atoms with Crippen LogP contribution in [0.15, 0.2) is 12.4 Å². The zero-order valence-corrected chi connectivity index (χ0v) is 12.7. The van der Waals surface area contributed by atoms with Crippen LogP contribution in [0.5, 0.6) is 0 Å². The van der Waals surface area contributed by atoms with E-state index in [0.717, 1.165) is 30.8 Å². The number of hydrogen-bond acceptors (Lipinski definition) is 2. The minimum atomic E-state index is 0.831. The molecule has 1 aliphatic rings. The molecule has 3 unspecified atom stereocenters. The average molecular weight is 263 g/mol. The van der Waals surface area contributed by atoms with E-state index in [1.165, 1.54) is 37.8 Å². The summed E-state index contributed by atoms with van der Waals surface area (Å²) in [5, 5.41) is 7.95. The van der Waals surface area contributed by atoms with Gasteiger partial charge in [0.15, 0.2) is 0 Å². The van der Waals surface area contributed by atoms with Gasteiger partial charge in [0.25, 0.3) is 0 Å². The van der Waals surface area contributed by atoms with E-state index in [-0.39, 0.29) is 0 Å². The lowest BCUT2D eigenvalue weighted by Crippen LogP contribution is -2.33. The molecule has 19 heavy (non-hydrogen) atoms. The molecule has 108 valence electrons. The fraction of sp³-hybridized carbons (Fsp3) is 0.812. The highest BCUT2D eigenvalue weighted by Gasteiger charge is 2.28. The second kappa shape index (κ2) is 7.09. The first-order valence-electron chi connectivity index (χ1n) is 7.95. The third-order valence-electron chi connectivity index (χ3n) is 4.57. The maximum atomic E-state index is 4.41. The molecular weight excluding hydrogens is 234 g/mol. The Labute approximate surface area is 117 Å². The van der Waals surface area contributed by atoms with Crippen LogP contribution in [0.2, 0.25) is 0 Å². The molecule has 1 aliphatic carbocycles. The summed E-state index contributed by atoms with van der Waals surface area (Å²) in [5.74, 6) is 2.57. The summed E-state index contributed by atoms with van der Waals surface area (Å²) in [6.45, 7) is 10.0. The van der Waals surface area contributed by atoms with Crippen LogP contribution in [0.1, 0.15) is 45.6 Å². The van der Waals surface area contributed by atoms with Crippen LogP contribution in [0.3, 0.4) is 0 Å². The molecule has 1 fully saturated rings. The van der Waals surface area contributed by atoms with E-state index in [1.54, 1.807) is 0 Å². The van der Waals surface area contributed by atoms with Crippen molar-refractivity contribution >= 4 is 0 Å². The second-order valence-corrected chi connectivity index (χ2v) is 6.15. The summed E-state index contributed by atoms with van der Waals surface area (Å²) in [6.07, 6.45) is 9.67. The van der Waals surface area contributed by atoms with E-state index in [4.69, 9.17) is 0 Å². The molecule has 2 rings (SSSR count). The predicted octanol–water partition coefficient (Wildman–Crippen LogP) is 3.11. The van der Waals surface area contributed by atoms with Crippen LogP contribution in [0.25, 0.3) is 0 Å². The molecule has 0 saturated heterocycles. The summed E-state index contributed by atoms with van der Waals surface area (Å²) < 4.78 is 2.04. The SMILES string of the molecule is CCNCC1CCC(C)CC1Cc1cnn(CC)c1. The standard InChI is InChI=1S/C16H29N3/c1-4-17-11-15-7-6-13(3)8-16(15)9-14-10-18-19(5-2)12-14/h10,12-13,15-17H,4-9,11H2,1-3H3. The molecule has 1 saturated carbocycles. The van der Waals surface area contributed by atoms with Crippen molar-refractivity contribution in [2.45, 2.75) is 53.0 Å². The molecule has 0 amide bonds. The van der Waals surface area contributed by atoms with Gasteiger partial charge >= 0.3 is 0 Å². The van der Waals surface area contributed by atoms with Gasteiger partial charge in [-0.3, -0.25) is 4.68 Å². The third kappa shape index (κ3) is 4.07. The van der Waals surface area contributed by atoms with Crippen molar-refractivity contribution in [3.05, 3.63) is 18.0 Å². The average Bonchev–Trinajstić information content (AvgIpc) is 2.85. The van der Waals surface area contributed by atoms with Crippen molar-refractivity contribution in [2.24, 2.45) is 17.8 Å². The lowest BCUT2D eigenvalue weighted by molar-refractivity contribution is 0.184. The topological polar surface area (TPSA) is 29.9 Å². The molecule has 0 aromatic carbocycles. The first-order valence-corrected chi connectivity index (χ1v) is 7.95. The van der Waals surface area contributed by atoms with Crippen LogP contribution >= 0.6 is 0 Å². The van der Waals surface area contributed by atoms with Crippen molar-refractivity contribution < 1.29 is 0 Å². The molecule has 0 aliphatic heterocycles. The van der Waals surface area contributed by atoms with Gasteiger partial charge in [-0.2, -0.15) is 5.10 Å². The van der Waals surface area contributed by atoms with Crippen molar-refractivity contribution in [3.63, 3.8) is 0 Å². The third-order valence-corrected chi connectivity index (χ3v) is 4.57. The van der Waals surface area contributed by atoms with Gasteiger partial charge in [-0.15, -0.1) is 0 Å². The largest absolute Gasteiger partial charge is 0.317 e. The van der Waals surface area contributed by atoms with E-state index in [2.05, 4.69) is 43.6 Å². The quantitative estimate of drug-likeness (QED) is 0.854. The highest BCUT2D eigenvalue weighted by atomic mass is 15.3. The molecule has 1 N–H and O–H groups in total. The van der Waals surface area contributed by atoms with Gasteiger partial charge in [-0.05, 0) is 62.6 Å². The van der Waals surface area contributed by atoms with Gasteiger partial charge in [0.2, 0.25) is 0 Å². The lowest BCUT2D eigenvalue weighted by atomic mass is 9.72. The molecule has 1 aromatic heterocycles. The Hall–Kier alpha value is -0.830. The molecule has 3 atom stereocenters. The number of nitrogens with zero attached hydrogens (tertiary/aromatic N) is 2. The lowest BCUT2D eigenvalue weighted by Gasteiger charge is -2.35. The van der Waals surface area contributed by atoms with Crippen molar-refractivity contribution in [3.8, 4) is 0 Å². The fourth-order valence-electron chi connectivity index (χ4n) is 3.40. The number of rotatable bonds is 6. The Morgan fingerprint density at radius 2 is 2.16 bits per heavy atom. The number of aryl methyl sites for hydroxylation is 1. The van der Waals surface area contributed by atoms with Gasteiger partial charge in [-0.25, -0.2) is 0 Å². The Morgan fingerprint density at radius 1 is 1.32 bits per heavy atom. The molecule has 1 heterocycles. The van der Waals surface area contributed by atoms with Gasteiger partial charge < -0.3 is 5.32 Å². The van der Waals surface area contributed by atoms with Crippen LogP contribution < -0.4 is 5.32 Å². The Bertz CT molecular complexity index is 370. The Balaban J connectivity index is 1.96. The smallest absolute Gasteiger partial charge is 0.0521 e. The zero-order chi connectivity index (χ0) is 13.7. The van der Waals surface area contributed by atoms with Gasteiger partial charge in [0.05, 0.1) is 6.20 Å². The second-order valence-electron chi connectivity index (χ2n) is 6.15. The van der Waals surface area contributed by atoms with Crippen molar-refractivity contribution in [1.82, 2.24) is 15.1 Å². The normalized spacial score (nSPS) is 27.6. The van der Waals surface area contributed by atoms with Crippen LogP contribution in [0, 0.1) is 17.8 Å². The number of aromatic nitrogens is 2. The molecular formula is C16H29N3. The first kappa shape index (κ1) is 14.6.